The van der Waals surface area contributed by atoms with Crippen LogP contribution in [0.4, 0.5) is 35.0 Å². The average Bonchev–Trinajstić information content (AvgIpc) is 3.29. The summed E-state index contributed by atoms with van der Waals surface area (Å²) in [5.74, 6) is -0.300. The van der Waals surface area contributed by atoms with Crippen molar-refractivity contribution in [2.24, 2.45) is 0 Å². The maximum Gasteiger partial charge on any atom is 0.417 e. The van der Waals surface area contributed by atoms with E-state index in [0.29, 0.717) is 28.2 Å². The van der Waals surface area contributed by atoms with Crippen LogP contribution in [0.2, 0.25) is 5.02 Å². The number of aromatic amines is 1. The molecule has 3 amide bonds. The molecule has 158 valence electrons. The predicted molar refractivity (Wildman–Crippen MR) is 111 cm³/mol. The molecule has 0 radical (unpaired) electrons. The van der Waals surface area contributed by atoms with E-state index in [2.05, 4.69) is 25.9 Å². The van der Waals surface area contributed by atoms with Gasteiger partial charge < -0.3 is 20.9 Å². The van der Waals surface area contributed by atoms with Gasteiger partial charge in [-0.05, 0) is 36.4 Å². The van der Waals surface area contributed by atoms with Crippen LogP contribution in [0.25, 0.3) is 11.6 Å². The number of carbonyl (C=O) groups excluding carboxylic acids is 2. The van der Waals surface area contributed by atoms with Gasteiger partial charge in [0.25, 0.3) is 5.91 Å². The van der Waals surface area contributed by atoms with E-state index in [1.165, 1.54) is 6.33 Å². The van der Waals surface area contributed by atoms with Crippen LogP contribution < -0.4 is 16.0 Å². The SMILES string of the molecule is O=C(Nc1ccc(C(F)(F)F)c(Cl)c1)Nc1ccc2c(c1)NC(=O)C2=Cc1cnc[nH]1. The molecule has 11 heteroatoms. The summed E-state index contributed by atoms with van der Waals surface area (Å²) in [7, 11) is 0. The Kier molecular flexibility index (Phi) is 5.15. The Balaban J connectivity index is 1.47. The molecule has 0 fully saturated rings. The number of nitrogens with one attached hydrogen (secondary N) is 4. The van der Waals surface area contributed by atoms with Crippen molar-refractivity contribution in [3.8, 4) is 0 Å². The molecule has 0 aliphatic carbocycles. The summed E-state index contributed by atoms with van der Waals surface area (Å²) in [6.45, 7) is 0. The highest BCUT2D eigenvalue weighted by Crippen LogP contribution is 2.36. The van der Waals surface area contributed by atoms with Crippen LogP contribution in [0.15, 0.2) is 48.9 Å². The molecule has 0 saturated carbocycles. The number of hydrogen-bond donors (Lipinski definition) is 4. The number of hydrogen-bond acceptors (Lipinski definition) is 3. The molecular formula is C20H13ClF3N5O2. The first-order chi connectivity index (χ1) is 14.7. The van der Waals surface area contributed by atoms with Gasteiger partial charge in [0, 0.05) is 16.9 Å². The minimum absolute atomic E-state index is 0.0924. The van der Waals surface area contributed by atoms with E-state index in [1.807, 2.05) is 0 Å². The van der Waals surface area contributed by atoms with Crippen molar-refractivity contribution >= 4 is 52.3 Å². The van der Waals surface area contributed by atoms with Crippen LogP contribution in [0.3, 0.4) is 0 Å². The van der Waals surface area contributed by atoms with Gasteiger partial charge in [0.1, 0.15) is 0 Å². The van der Waals surface area contributed by atoms with E-state index in [-0.39, 0.29) is 11.6 Å². The zero-order valence-electron chi connectivity index (χ0n) is 15.5. The summed E-state index contributed by atoms with van der Waals surface area (Å²) in [5.41, 5.74) is 1.73. The lowest BCUT2D eigenvalue weighted by Crippen LogP contribution is -2.19. The zero-order chi connectivity index (χ0) is 22.2. The largest absolute Gasteiger partial charge is 0.417 e. The smallest absolute Gasteiger partial charge is 0.345 e. The number of nitrogens with zero attached hydrogens (tertiary/aromatic N) is 1. The molecule has 0 bridgehead atoms. The van der Waals surface area contributed by atoms with Gasteiger partial charge in [-0.1, -0.05) is 17.7 Å². The normalized spacial score (nSPS) is 14.3. The zero-order valence-corrected chi connectivity index (χ0v) is 16.2. The minimum atomic E-state index is -4.59. The Morgan fingerprint density at radius 1 is 1.10 bits per heavy atom. The lowest BCUT2D eigenvalue weighted by molar-refractivity contribution is -0.137. The van der Waals surface area contributed by atoms with Gasteiger partial charge in [0.2, 0.25) is 0 Å². The van der Waals surface area contributed by atoms with Gasteiger partial charge in [-0.25, -0.2) is 9.78 Å². The number of alkyl halides is 3. The Bertz CT molecular complexity index is 1210. The predicted octanol–water partition coefficient (Wildman–Crippen LogP) is 5.22. The van der Waals surface area contributed by atoms with Crippen molar-refractivity contribution in [3.05, 3.63) is 70.8 Å². The molecule has 4 N–H and O–H groups in total. The van der Waals surface area contributed by atoms with E-state index in [4.69, 9.17) is 11.6 Å². The number of anilines is 3. The molecule has 1 aromatic heterocycles. The summed E-state index contributed by atoms with van der Waals surface area (Å²) in [5, 5.41) is 7.16. The monoisotopic (exact) mass is 447 g/mol. The summed E-state index contributed by atoms with van der Waals surface area (Å²) in [6.07, 6.45) is 0.140. The fourth-order valence-electron chi connectivity index (χ4n) is 3.03. The Morgan fingerprint density at radius 3 is 2.45 bits per heavy atom. The van der Waals surface area contributed by atoms with Gasteiger partial charge in [0.15, 0.2) is 0 Å². The first-order valence-electron chi connectivity index (χ1n) is 8.81. The fourth-order valence-corrected chi connectivity index (χ4v) is 3.32. The molecule has 3 aromatic rings. The van der Waals surface area contributed by atoms with Crippen LogP contribution in [-0.4, -0.2) is 21.9 Å². The molecule has 2 aromatic carbocycles. The molecule has 4 rings (SSSR count). The number of halogens is 4. The maximum absolute atomic E-state index is 12.8. The van der Waals surface area contributed by atoms with Crippen molar-refractivity contribution in [2.75, 3.05) is 16.0 Å². The highest BCUT2D eigenvalue weighted by atomic mass is 35.5. The highest BCUT2D eigenvalue weighted by molar-refractivity contribution is 6.35. The van der Waals surface area contributed by atoms with E-state index in [9.17, 15) is 22.8 Å². The number of urea groups is 1. The second kappa shape index (κ2) is 7.80. The molecule has 2 heterocycles. The van der Waals surface area contributed by atoms with E-state index >= 15 is 0 Å². The lowest BCUT2D eigenvalue weighted by atomic mass is 10.1. The first-order valence-corrected chi connectivity index (χ1v) is 9.19. The van der Waals surface area contributed by atoms with Gasteiger partial charge in [-0.3, -0.25) is 4.79 Å². The third kappa shape index (κ3) is 4.38. The van der Waals surface area contributed by atoms with Gasteiger partial charge in [0.05, 0.1) is 40.1 Å². The summed E-state index contributed by atoms with van der Waals surface area (Å²) in [6, 6.07) is 7.05. The van der Waals surface area contributed by atoms with Crippen LogP contribution in [-0.2, 0) is 11.0 Å². The number of carbonyl (C=O) groups is 2. The van der Waals surface area contributed by atoms with Gasteiger partial charge >= 0.3 is 12.2 Å². The molecule has 31 heavy (non-hydrogen) atoms. The van der Waals surface area contributed by atoms with Gasteiger partial charge in [-0.15, -0.1) is 0 Å². The van der Waals surface area contributed by atoms with Crippen molar-refractivity contribution in [1.29, 1.82) is 0 Å². The molecule has 0 spiro atoms. The molecule has 0 unspecified atom stereocenters. The number of fused-ring (bicyclic) bond motifs is 1. The molecule has 1 aliphatic heterocycles. The first kappa shape index (κ1) is 20.5. The van der Waals surface area contributed by atoms with Crippen molar-refractivity contribution < 1.29 is 22.8 Å². The second-order valence-corrected chi connectivity index (χ2v) is 6.96. The summed E-state index contributed by atoms with van der Waals surface area (Å²) in [4.78, 5) is 31.3. The highest BCUT2D eigenvalue weighted by Gasteiger charge is 2.33. The lowest BCUT2D eigenvalue weighted by Gasteiger charge is -2.12. The number of amides is 3. The second-order valence-electron chi connectivity index (χ2n) is 6.55. The molecule has 1 aliphatic rings. The number of H-pyrrole nitrogens is 1. The van der Waals surface area contributed by atoms with E-state index < -0.39 is 22.8 Å². The van der Waals surface area contributed by atoms with E-state index in [1.54, 1.807) is 30.5 Å². The molecular weight excluding hydrogens is 435 g/mol. The molecule has 7 nitrogen and oxygen atoms in total. The Labute approximate surface area is 178 Å². The Morgan fingerprint density at radius 2 is 1.81 bits per heavy atom. The average molecular weight is 448 g/mol. The fraction of sp³-hybridized carbons (Fsp3) is 0.0500. The quantitative estimate of drug-likeness (QED) is 0.414. The van der Waals surface area contributed by atoms with Crippen molar-refractivity contribution in [3.63, 3.8) is 0 Å². The van der Waals surface area contributed by atoms with Gasteiger partial charge in [-0.2, -0.15) is 13.2 Å². The van der Waals surface area contributed by atoms with Crippen LogP contribution in [0.5, 0.6) is 0 Å². The minimum Gasteiger partial charge on any atom is -0.345 e. The number of benzene rings is 2. The van der Waals surface area contributed by atoms with Crippen LogP contribution in [0.1, 0.15) is 16.8 Å². The summed E-state index contributed by atoms with van der Waals surface area (Å²) >= 11 is 5.66. The van der Waals surface area contributed by atoms with Crippen LogP contribution >= 0.6 is 11.6 Å². The number of rotatable bonds is 3. The third-order valence-corrected chi connectivity index (χ3v) is 4.72. The Hall–Kier alpha value is -3.79. The summed E-state index contributed by atoms with van der Waals surface area (Å²) < 4.78 is 38.3. The molecule has 0 atom stereocenters. The third-order valence-electron chi connectivity index (χ3n) is 4.41. The standard InChI is InChI=1S/C20H13ClF3N5O2/c21-16-6-10(2-4-15(16)20(22,23)24)27-19(31)28-11-1-3-13-14(5-12-8-25-9-26-12)18(30)29-17(13)7-11/h1-9H,(H,25,26)(H,29,30)(H2,27,28,31). The molecule has 0 saturated heterocycles. The maximum atomic E-state index is 12.8. The number of aromatic nitrogens is 2. The van der Waals surface area contributed by atoms with Crippen LogP contribution in [0, 0.1) is 0 Å². The topological polar surface area (TPSA) is 98.9 Å². The van der Waals surface area contributed by atoms with Crippen molar-refractivity contribution in [1.82, 2.24) is 9.97 Å². The van der Waals surface area contributed by atoms with E-state index in [0.717, 1.165) is 18.2 Å². The van der Waals surface area contributed by atoms with Crippen molar-refractivity contribution in [2.45, 2.75) is 6.18 Å². The number of imidazole rings is 1.